The van der Waals surface area contributed by atoms with Gasteiger partial charge in [0.25, 0.3) is 0 Å². The second-order valence-corrected chi connectivity index (χ2v) is 26.0. The van der Waals surface area contributed by atoms with Gasteiger partial charge in [-0.05, 0) is 191 Å². The Kier molecular flexibility index (Phi) is 20.4. The molecule has 1 saturated heterocycles. The third-order valence-electron chi connectivity index (χ3n) is 16.3. The second-order valence-electron chi connectivity index (χ2n) is 26.0. The number of fused-ring (bicyclic) bond motifs is 9. The molecule has 1 aliphatic heterocycles. The molecule has 0 aromatic heterocycles. The quantitative estimate of drug-likeness (QED) is 0.0646. The zero-order valence-corrected chi connectivity index (χ0v) is 51.6. The summed E-state index contributed by atoms with van der Waals surface area (Å²) >= 11 is 0. The summed E-state index contributed by atoms with van der Waals surface area (Å²) in [5.74, 6) is 3.10. The Morgan fingerprint density at radius 3 is 1.18 bits per heavy atom. The summed E-state index contributed by atoms with van der Waals surface area (Å²) < 4.78 is 31.4. The van der Waals surface area contributed by atoms with E-state index in [-0.39, 0.29) is 95.4 Å². The Morgan fingerprint density at radius 2 is 0.821 bits per heavy atom. The summed E-state index contributed by atoms with van der Waals surface area (Å²) in [6.07, 6.45) is 14.0. The van der Waals surface area contributed by atoms with Crippen LogP contribution >= 0.6 is 0 Å². The zero-order valence-electron chi connectivity index (χ0n) is 51.6. The molecule has 18 heteroatoms. The van der Waals surface area contributed by atoms with Gasteiger partial charge in [0.15, 0.2) is 0 Å². The smallest absolute Gasteiger partial charge is 0.417 e. The predicted molar refractivity (Wildman–Crippen MR) is 321 cm³/mol. The summed E-state index contributed by atoms with van der Waals surface area (Å²) in [6.45, 7) is 22.3. The number of hydrogen-bond acceptors (Lipinski definition) is 13. The van der Waals surface area contributed by atoms with Crippen LogP contribution in [0.15, 0.2) is 109 Å². The fourth-order valence-electron chi connectivity index (χ4n) is 12.3. The number of nitrogens with two attached hydrogens (primary N) is 1. The van der Waals surface area contributed by atoms with Crippen LogP contribution in [0.2, 0.25) is 0 Å². The Hall–Kier alpha value is -7.34. The molecular formula is C66H90N6O12. The van der Waals surface area contributed by atoms with Gasteiger partial charge in [0, 0.05) is 6.04 Å². The third kappa shape index (κ3) is 16.1. The van der Waals surface area contributed by atoms with E-state index in [0.29, 0.717) is 11.8 Å². The first kappa shape index (κ1) is 64.2. The normalized spacial score (nSPS) is 27.1. The van der Waals surface area contributed by atoms with Gasteiger partial charge in [-0.25, -0.2) is 19.3 Å². The maximum atomic E-state index is 13.1. The number of ether oxygens (including phenoxy) is 6. The van der Waals surface area contributed by atoms with Crippen molar-refractivity contribution in [1.29, 1.82) is 0 Å². The number of hydrogen-bond donors (Lipinski definition) is 5. The number of alkyl carbamates (subject to hydrolysis) is 2. The molecule has 4 fully saturated rings. The minimum absolute atomic E-state index is 0.0394. The molecule has 1 heterocycles. The number of amides is 6. The van der Waals surface area contributed by atoms with Gasteiger partial charge >= 0.3 is 18.3 Å². The Morgan fingerprint density at radius 1 is 0.488 bits per heavy atom. The molecule has 10 rings (SSSR count). The molecule has 18 nitrogen and oxygen atoms in total. The lowest BCUT2D eigenvalue weighted by molar-refractivity contribution is -0.154. The molecule has 3 aromatic carbocycles. The van der Waals surface area contributed by atoms with E-state index < -0.39 is 35.1 Å². The van der Waals surface area contributed by atoms with Crippen molar-refractivity contribution in [2.45, 2.75) is 155 Å². The van der Waals surface area contributed by atoms with Gasteiger partial charge < -0.3 is 55.4 Å². The minimum atomic E-state index is -0.571. The van der Waals surface area contributed by atoms with Crippen molar-refractivity contribution in [3.05, 3.63) is 126 Å². The monoisotopic (exact) mass is 1160 g/mol. The van der Waals surface area contributed by atoms with Crippen LogP contribution < -0.4 is 41.2 Å². The second kappa shape index (κ2) is 26.7. The number of nitrogens with one attached hydrogen (secondary N) is 4. The van der Waals surface area contributed by atoms with Crippen molar-refractivity contribution < 1.29 is 57.2 Å². The van der Waals surface area contributed by atoms with Crippen LogP contribution in [0.1, 0.15) is 137 Å². The number of carbonyl (C=O) groups is 6. The van der Waals surface area contributed by atoms with Crippen molar-refractivity contribution in [1.82, 2.24) is 26.2 Å². The number of nitrogens with zero attached hydrogens (tertiary/aromatic N) is 1. The van der Waals surface area contributed by atoms with E-state index in [0.717, 1.165) is 53.2 Å². The van der Waals surface area contributed by atoms with E-state index in [1.54, 1.807) is 21.3 Å². The third-order valence-corrected chi connectivity index (χ3v) is 16.3. The first-order valence-electron chi connectivity index (χ1n) is 29.4. The number of β-lactam (4-membered cyclic amide) rings is 1. The van der Waals surface area contributed by atoms with Crippen molar-refractivity contribution in [2.24, 2.45) is 59.0 Å². The standard InChI is InChI=1S/2C22H30N2O4.C13H17NO3.C9H13NO/c2*1-13(14-8-10-17(27-5)11-9-14)23-20(25)18-15-6-7-16(12-15)19(18)24-21(26)28-22(2,3)4;1-13(2,3)17-12(16)14-10-8-5-4-7(6-8)9(10)11(14)15;1-7(10)8-3-5-9(11-2)6-4-8/h2*6-11,13,15-16,18-19H,12H2,1-5H3,(H,23,25)(H,24,26);4-5,7-10H,6H2,1-3H3;3-7H,10H2,1-2H3/t13-,15+,16-,18-,19+;13-,15-,16+,18+,19-;7-,8+,9-,10+;7-/m1111/s1. The van der Waals surface area contributed by atoms with Gasteiger partial charge in [0.05, 0.1) is 69.3 Å². The highest BCUT2D eigenvalue weighted by Gasteiger charge is 2.63. The molecule has 6 bridgehead atoms. The highest BCUT2D eigenvalue weighted by atomic mass is 16.6. The lowest BCUT2D eigenvalue weighted by Crippen LogP contribution is -2.65. The number of rotatable bonds is 12. The first-order valence-corrected chi connectivity index (χ1v) is 29.4. The molecular weight excluding hydrogens is 1070 g/mol. The van der Waals surface area contributed by atoms with Crippen molar-refractivity contribution in [3.63, 3.8) is 0 Å². The number of allylic oxidation sites excluding steroid dienone is 3. The van der Waals surface area contributed by atoms with Gasteiger partial charge in [-0.2, -0.15) is 0 Å². The molecule has 15 atom stereocenters. The van der Waals surface area contributed by atoms with Gasteiger partial charge in [0.2, 0.25) is 17.7 Å². The topological polar surface area (TPSA) is 235 Å². The van der Waals surface area contributed by atoms with E-state index in [4.69, 9.17) is 34.2 Å². The molecule has 0 radical (unpaired) electrons. The van der Waals surface area contributed by atoms with Crippen LogP contribution in [-0.2, 0) is 28.6 Å². The summed E-state index contributed by atoms with van der Waals surface area (Å²) in [5, 5.41) is 12.1. The van der Waals surface area contributed by atoms with E-state index in [9.17, 15) is 28.8 Å². The molecule has 6 N–H and O–H groups in total. The summed E-state index contributed by atoms with van der Waals surface area (Å²) in [6, 6.07) is 22.5. The van der Waals surface area contributed by atoms with Gasteiger partial charge in [-0.15, -0.1) is 0 Å². The Labute approximate surface area is 496 Å². The fourth-order valence-corrected chi connectivity index (χ4v) is 12.3. The molecule has 6 aliphatic carbocycles. The van der Waals surface area contributed by atoms with Crippen LogP contribution in [0.3, 0.4) is 0 Å². The van der Waals surface area contributed by atoms with E-state index in [1.165, 1.54) is 4.90 Å². The Balaban J connectivity index is 0.000000169. The number of likely N-dealkylation sites (tertiary alicyclic amines) is 1. The minimum Gasteiger partial charge on any atom is -0.497 e. The molecule has 84 heavy (non-hydrogen) atoms. The largest absolute Gasteiger partial charge is 0.497 e. The van der Waals surface area contributed by atoms with Crippen molar-refractivity contribution >= 4 is 36.0 Å². The van der Waals surface area contributed by atoms with E-state index >= 15 is 0 Å². The van der Waals surface area contributed by atoms with Crippen LogP contribution in [0.25, 0.3) is 0 Å². The highest BCUT2D eigenvalue weighted by Crippen LogP contribution is 2.53. The average Bonchev–Trinajstić information content (AvgIpc) is 1.63. The number of imide groups is 1. The summed E-state index contributed by atoms with van der Waals surface area (Å²) in [4.78, 5) is 75.8. The van der Waals surface area contributed by atoms with Crippen LogP contribution in [-0.4, -0.2) is 97.2 Å². The maximum absolute atomic E-state index is 13.1. The molecule has 3 aromatic rings. The van der Waals surface area contributed by atoms with Gasteiger partial charge in [-0.3, -0.25) is 14.4 Å². The van der Waals surface area contributed by atoms with Crippen LogP contribution in [0.4, 0.5) is 14.4 Å². The molecule has 6 amide bonds. The number of methoxy groups -OCH3 is 3. The van der Waals surface area contributed by atoms with E-state index in [1.807, 2.05) is 156 Å². The molecule has 0 spiro atoms. The van der Waals surface area contributed by atoms with Crippen molar-refractivity contribution in [2.75, 3.05) is 21.3 Å². The lowest BCUT2D eigenvalue weighted by Gasteiger charge is -2.46. The van der Waals surface area contributed by atoms with Gasteiger partial charge in [0.1, 0.15) is 34.1 Å². The summed E-state index contributed by atoms with van der Waals surface area (Å²) in [5.41, 5.74) is 7.11. The van der Waals surface area contributed by atoms with E-state index in [2.05, 4.69) is 57.7 Å². The SMILES string of the molecule is CC(C)(C)OC(=O)N1C(=O)[C@H]2[C@@H]1[C@H]1C=C[C@@H]2C1.COc1ccc([C@@H](C)N)cc1.COc1ccc([C@@H](C)NC(=O)[C@@H]2[C@H](NC(=O)OC(C)(C)C)[C@H]3C=C[C@@H]2C3)cc1.COc1ccc([C@@H](C)NC(=O)[C@H]2[C@@H](NC(=O)OC(C)(C)C)[C@@H]3C=C[C@H]2C3)cc1. The summed E-state index contributed by atoms with van der Waals surface area (Å²) in [7, 11) is 4.90. The fraction of sp³-hybridized carbons (Fsp3) is 0.545. The molecule has 0 unspecified atom stereocenters. The zero-order chi connectivity index (χ0) is 61.6. The van der Waals surface area contributed by atoms with Crippen molar-refractivity contribution in [3.8, 4) is 17.2 Å². The van der Waals surface area contributed by atoms with Crippen LogP contribution in [0.5, 0.6) is 17.2 Å². The average molecular weight is 1160 g/mol. The maximum Gasteiger partial charge on any atom is 0.417 e. The highest BCUT2D eigenvalue weighted by molar-refractivity contribution is 6.00. The van der Waals surface area contributed by atoms with Crippen LogP contribution in [0, 0.1) is 53.3 Å². The molecule has 456 valence electrons. The molecule has 3 saturated carbocycles. The first-order chi connectivity index (χ1) is 39.5. The number of carbonyl (C=O) groups excluding carboxylic acids is 6. The Bertz CT molecular complexity index is 2750. The number of benzene rings is 3. The lowest BCUT2D eigenvalue weighted by atomic mass is 9.80. The predicted octanol–water partition coefficient (Wildman–Crippen LogP) is 10.8. The molecule has 7 aliphatic rings. The van der Waals surface area contributed by atoms with Gasteiger partial charge in [-0.1, -0.05) is 72.9 Å².